The third-order valence-corrected chi connectivity index (χ3v) is 3.53. The van der Waals surface area contributed by atoms with E-state index in [0.717, 1.165) is 17.8 Å². The summed E-state index contributed by atoms with van der Waals surface area (Å²) in [5, 5.41) is 4.09. The van der Waals surface area contributed by atoms with Gasteiger partial charge in [-0.3, -0.25) is 4.79 Å². The average molecular weight is 297 g/mol. The zero-order valence-corrected chi connectivity index (χ0v) is 12.0. The Balaban J connectivity index is 2.33. The van der Waals surface area contributed by atoms with Gasteiger partial charge in [0.15, 0.2) is 0 Å². The minimum absolute atomic E-state index is 0.0930. The Morgan fingerprint density at radius 1 is 1.16 bits per heavy atom. The lowest BCUT2D eigenvalue weighted by Gasteiger charge is -2.06. The molecular formula is C14H14Cl2N2O. The van der Waals surface area contributed by atoms with Gasteiger partial charge in [0.25, 0.3) is 5.56 Å². The fraction of sp³-hybridized carbons (Fsp3) is 0.214. The van der Waals surface area contributed by atoms with Gasteiger partial charge in [-0.25, -0.2) is 0 Å². The van der Waals surface area contributed by atoms with E-state index in [9.17, 15) is 4.79 Å². The normalized spacial score (nSPS) is 10.7. The smallest absolute Gasteiger partial charge is 0.252 e. The van der Waals surface area contributed by atoms with E-state index in [1.807, 2.05) is 25.1 Å². The van der Waals surface area contributed by atoms with Gasteiger partial charge in [0.2, 0.25) is 0 Å². The van der Waals surface area contributed by atoms with Gasteiger partial charge in [-0.2, -0.15) is 0 Å². The highest BCUT2D eigenvalue weighted by molar-refractivity contribution is 6.42. The molecule has 0 saturated carbocycles. The number of rotatable bonds is 4. The lowest BCUT2D eigenvalue weighted by molar-refractivity contribution is 0.720. The predicted octanol–water partition coefficient (Wildman–Crippen LogP) is 3.46. The van der Waals surface area contributed by atoms with Crippen molar-refractivity contribution in [2.24, 2.45) is 0 Å². The lowest BCUT2D eigenvalue weighted by Crippen LogP contribution is -2.20. The van der Waals surface area contributed by atoms with Crippen LogP contribution >= 0.6 is 23.2 Å². The van der Waals surface area contributed by atoms with Crippen molar-refractivity contribution >= 4 is 23.2 Å². The molecule has 1 heterocycles. The summed E-state index contributed by atoms with van der Waals surface area (Å²) in [7, 11) is 0. The summed E-state index contributed by atoms with van der Waals surface area (Å²) < 4.78 is 0. The van der Waals surface area contributed by atoms with Crippen LogP contribution < -0.4 is 10.9 Å². The van der Waals surface area contributed by atoms with E-state index in [4.69, 9.17) is 23.2 Å². The number of benzene rings is 1. The molecule has 0 aliphatic carbocycles. The minimum Gasteiger partial charge on any atom is -0.322 e. The number of aromatic amines is 1. The van der Waals surface area contributed by atoms with Crippen LogP contribution in [0.25, 0.3) is 11.3 Å². The topological polar surface area (TPSA) is 44.9 Å². The van der Waals surface area contributed by atoms with Crippen molar-refractivity contribution < 1.29 is 0 Å². The van der Waals surface area contributed by atoms with E-state index in [1.54, 1.807) is 12.1 Å². The zero-order valence-electron chi connectivity index (χ0n) is 10.5. The van der Waals surface area contributed by atoms with Crippen molar-refractivity contribution in [1.82, 2.24) is 10.3 Å². The monoisotopic (exact) mass is 296 g/mol. The quantitative estimate of drug-likeness (QED) is 0.907. The summed E-state index contributed by atoms with van der Waals surface area (Å²) >= 11 is 11.8. The van der Waals surface area contributed by atoms with Crippen LogP contribution in [0.3, 0.4) is 0 Å². The molecule has 2 N–H and O–H groups in total. The lowest BCUT2D eigenvalue weighted by atomic mass is 10.1. The number of hydrogen-bond donors (Lipinski definition) is 2. The molecule has 0 bridgehead atoms. The van der Waals surface area contributed by atoms with Gasteiger partial charge < -0.3 is 10.3 Å². The summed E-state index contributed by atoms with van der Waals surface area (Å²) in [6, 6.07) is 8.96. The number of nitrogens with one attached hydrogen (secondary N) is 2. The van der Waals surface area contributed by atoms with Crippen LogP contribution in [0.5, 0.6) is 0 Å². The molecule has 1 aromatic carbocycles. The van der Waals surface area contributed by atoms with E-state index in [1.165, 1.54) is 0 Å². The van der Waals surface area contributed by atoms with Crippen LogP contribution in [0.15, 0.2) is 35.1 Å². The number of pyridine rings is 1. The molecule has 1 aromatic heterocycles. The van der Waals surface area contributed by atoms with Crippen molar-refractivity contribution in [1.29, 1.82) is 0 Å². The molecule has 0 radical (unpaired) electrons. The molecule has 5 heteroatoms. The van der Waals surface area contributed by atoms with Gasteiger partial charge in [-0.05, 0) is 30.3 Å². The minimum atomic E-state index is -0.0930. The highest BCUT2D eigenvalue weighted by atomic mass is 35.5. The van der Waals surface area contributed by atoms with Crippen LogP contribution in [-0.4, -0.2) is 11.5 Å². The van der Waals surface area contributed by atoms with Gasteiger partial charge in [0.05, 0.1) is 10.0 Å². The third-order valence-electron chi connectivity index (χ3n) is 2.79. The Labute approximate surface area is 121 Å². The standard InChI is InChI=1S/C14H14Cl2N2O/c1-2-17-8-10-4-6-13(18-14(10)19)9-3-5-11(15)12(16)7-9/h3-7,17H,2,8H2,1H3,(H,18,19). The van der Waals surface area contributed by atoms with Crippen LogP contribution in [-0.2, 0) is 6.54 Å². The van der Waals surface area contributed by atoms with E-state index in [2.05, 4.69) is 10.3 Å². The molecule has 0 unspecified atom stereocenters. The second-order valence-corrected chi connectivity index (χ2v) is 4.95. The van der Waals surface area contributed by atoms with Gasteiger partial charge in [-0.15, -0.1) is 0 Å². The molecule has 0 aliphatic heterocycles. The van der Waals surface area contributed by atoms with Crippen molar-refractivity contribution in [2.75, 3.05) is 6.54 Å². The number of H-pyrrole nitrogens is 1. The fourth-order valence-electron chi connectivity index (χ4n) is 1.73. The van der Waals surface area contributed by atoms with Crippen molar-refractivity contribution in [2.45, 2.75) is 13.5 Å². The SMILES string of the molecule is CCNCc1ccc(-c2ccc(Cl)c(Cl)c2)[nH]c1=O. The van der Waals surface area contributed by atoms with Crippen LogP contribution in [0.4, 0.5) is 0 Å². The van der Waals surface area contributed by atoms with E-state index in [0.29, 0.717) is 22.2 Å². The second-order valence-electron chi connectivity index (χ2n) is 4.14. The molecule has 0 fully saturated rings. The number of hydrogen-bond acceptors (Lipinski definition) is 2. The fourth-order valence-corrected chi connectivity index (χ4v) is 2.03. The first-order chi connectivity index (χ1) is 9.11. The molecule has 0 aliphatic rings. The van der Waals surface area contributed by atoms with E-state index < -0.39 is 0 Å². The highest BCUT2D eigenvalue weighted by Gasteiger charge is 2.05. The molecule has 100 valence electrons. The number of halogens is 2. The third kappa shape index (κ3) is 3.38. The molecule has 19 heavy (non-hydrogen) atoms. The molecule has 3 nitrogen and oxygen atoms in total. The summed E-state index contributed by atoms with van der Waals surface area (Å²) in [4.78, 5) is 14.8. The maximum absolute atomic E-state index is 11.9. The van der Waals surface area contributed by atoms with Gasteiger partial charge in [0.1, 0.15) is 0 Å². The molecule has 2 aromatic rings. The second kappa shape index (κ2) is 6.24. The van der Waals surface area contributed by atoms with Crippen molar-refractivity contribution in [3.8, 4) is 11.3 Å². The Bertz CT molecular complexity index is 638. The largest absolute Gasteiger partial charge is 0.322 e. The molecule has 0 spiro atoms. The average Bonchev–Trinajstić information content (AvgIpc) is 2.40. The number of aromatic nitrogens is 1. The summed E-state index contributed by atoms with van der Waals surface area (Å²) in [6.45, 7) is 3.39. The summed E-state index contributed by atoms with van der Waals surface area (Å²) in [5.74, 6) is 0. The van der Waals surface area contributed by atoms with Crippen molar-refractivity contribution in [3.63, 3.8) is 0 Å². The molecule has 0 amide bonds. The van der Waals surface area contributed by atoms with Gasteiger partial charge in [0, 0.05) is 17.8 Å². The Kier molecular flexibility index (Phi) is 4.64. The first-order valence-electron chi connectivity index (χ1n) is 6.00. The zero-order chi connectivity index (χ0) is 13.8. The summed E-state index contributed by atoms with van der Waals surface area (Å²) in [5.41, 5.74) is 2.18. The van der Waals surface area contributed by atoms with Crippen LogP contribution in [0, 0.1) is 0 Å². The maximum atomic E-state index is 11.9. The molecule has 0 saturated heterocycles. The molecular weight excluding hydrogens is 283 g/mol. The van der Waals surface area contributed by atoms with E-state index in [-0.39, 0.29) is 5.56 Å². The van der Waals surface area contributed by atoms with Gasteiger partial charge in [-0.1, -0.05) is 42.3 Å². The van der Waals surface area contributed by atoms with Crippen LogP contribution in [0.1, 0.15) is 12.5 Å². The first-order valence-corrected chi connectivity index (χ1v) is 6.75. The Morgan fingerprint density at radius 3 is 2.58 bits per heavy atom. The molecule has 0 atom stereocenters. The van der Waals surface area contributed by atoms with Crippen molar-refractivity contribution in [3.05, 3.63) is 56.3 Å². The van der Waals surface area contributed by atoms with Gasteiger partial charge >= 0.3 is 0 Å². The van der Waals surface area contributed by atoms with E-state index >= 15 is 0 Å². The Hall–Kier alpha value is -1.29. The predicted molar refractivity (Wildman–Crippen MR) is 79.9 cm³/mol. The Morgan fingerprint density at radius 2 is 1.95 bits per heavy atom. The summed E-state index contributed by atoms with van der Waals surface area (Å²) in [6.07, 6.45) is 0. The highest BCUT2D eigenvalue weighted by Crippen LogP contribution is 2.27. The first kappa shape index (κ1) is 14.1. The van der Waals surface area contributed by atoms with Crippen LogP contribution in [0.2, 0.25) is 10.0 Å². The maximum Gasteiger partial charge on any atom is 0.252 e. The molecule has 2 rings (SSSR count).